The van der Waals surface area contributed by atoms with Crippen molar-refractivity contribution in [1.29, 1.82) is 0 Å². The van der Waals surface area contributed by atoms with Crippen molar-refractivity contribution in [2.24, 2.45) is 5.92 Å². The number of thiophene rings is 1. The van der Waals surface area contributed by atoms with Crippen molar-refractivity contribution in [1.82, 2.24) is 5.32 Å². The molecule has 70 valence electrons. The molecule has 0 amide bonds. The summed E-state index contributed by atoms with van der Waals surface area (Å²) in [5.74, 6) is 0.805. The fraction of sp³-hybridized carbons (Fsp3) is 0.600. The third kappa shape index (κ3) is 1.01. The van der Waals surface area contributed by atoms with Gasteiger partial charge in [0.15, 0.2) is 0 Å². The van der Waals surface area contributed by atoms with Crippen molar-refractivity contribution in [2.75, 3.05) is 26.3 Å². The quantitative estimate of drug-likeness (QED) is 0.766. The van der Waals surface area contributed by atoms with Crippen molar-refractivity contribution in [3.05, 3.63) is 22.4 Å². The molecule has 1 aromatic rings. The van der Waals surface area contributed by atoms with Gasteiger partial charge in [-0.05, 0) is 17.4 Å². The highest BCUT2D eigenvalue weighted by Gasteiger charge is 2.49. The average molecular weight is 195 g/mol. The Balaban J connectivity index is 1.91. The maximum absolute atomic E-state index is 5.40. The molecule has 0 aromatic carbocycles. The maximum Gasteiger partial charge on any atom is 0.0597 e. The highest BCUT2D eigenvalue weighted by molar-refractivity contribution is 7.10. The summed E-state index contributed by atoms with van der Waals surface area (Å²) >= 11 is 1.88. The first kappa shape index (κ1) is 7.97. The Morgan fingerprint density at radius 2 is 2.31 bits per heavy atom. The Kier molecular flexibility index (Phi) is 1.72. The molecule has 2 saturated heterocycles. The second-order valence-electron chi connectivity index (χ2n) is 3.98. The van der Waals surface area contributed by atoms with Crippen LogP contribution in [0.5, 0.6) is 0 Å². The Hall–Kier alpha value is -0.380. The second kappa shape index (κ2) is 2.80. The Bertz CT molecular complexity index is 288. The first-order chi connectivity index (χ1) is 6.42. The van der Waals surface area contributed by atoms with Crippen LogP contribution in [0.3, 0.4) is 0 Å². The molecule has 0 bridgehead atoms. The molecular weight excluding hydrogens is 182 g/mol. The molecule has 0 spiro atoms. The minimum Gasteiger partial charge on any atom is -0.379 e. The molecule has 2 aliphatic heterocycles. The molecule has 0 saturated carbocycles. The SMILES string of the molecule is c1csc(C2(C3CNC3)COC2)c1. The van der Waals surface area contributed by atoms with Gasteiger partial charge in [0.25, 0.3) is 0 Å². The largest absolute Gasteiger partial charge is 0.379 e. The molecule has 1 N–H and O–H groups in total. The average Bonchev–Trinajstić information content (AvgIpc) is 2.43. The Labute approximate surface area is 81.9 Å². The smallest absolute Gasteiger partial charge is 0.0597 e. The summed E-state index contributed by atoms with van der Waals surface area (Å²) in [5.41, 5.74) is 0.374. The van der Waals surface area contributed by atoms with E-state index in [9.17, 15) is 0 Å². The van der Waals surface area contributed by atoms with E-state index in [0.29, 0.717) is 5.41 Å². The number of nitrogens with one attached hydrogen (secondary N) is 1. The van der Waals surface area contributed by atoms with E-state index in [4.69, 9.17) is 4.74 Å². The standard InChI is InChI=1S/C10H13NOS/c1-2-9(13-3-1)10(6-12-7-10)8-4-11-5-8/h1-3,8,11H,4-7H2. The van der Waals surface area contributed by atoms with Gasteiger partial charge in [-0.1, -0.05) is 6.07 Å². The summed E-state index contributed by atoms with van der Waals surface area (Å²) in [6.07, 6.45) is 0. The second-order valence-corrected chi connectivity index (χ2v) is 4.93. The van der Waals surface area contributed by atoms with Gasteiger partial charge in [0.1, 0.15) is 0 Å². The van der Waals surface area contributed by atoms with Crippen LogP contribution >= 0.6 is 11.3 Å². The summed E-state index contributed by atoms with van der Waals surface area (Å²) in [6, 6.07) is 4.40. The van der Waals surface area contributed by atoms with Gasteiger partial charge in [-0.2, -0.15) is 0 Å². The fourth-order valence-corrected chi connectivity index (χ4v) is 3.12. The summed E-state index contributed by atoms with van der Waals surface area (Å²) in [4.78, 5) is 1.52. The van der Waals surface area contributed by atoms with E-state index in [2.05, 4.69) is 22.8 Å². The molecule has 0 aliphatic carbocycles. The zero-order chi connectivity index (χ0) is 8.73. The predicted octanol–water partition coefficient (Wildman–Crippen LogP) is 1.24. The van der Waals surface area contributed by atoms with E-state index in [1.165, 1.54) is 18.0 Å². The van der Waals surface area contributed by atoms with Crippen molar-refractivity contribution in [3.8, 4) is 0 Å². The zero-order valence-electron chi connectivity index (χ0n) is 7.45. The van der Waals surface area contributed by atoms with Gasteiger partial charge < -0.3 is 10.1 Å². The van der Waals surface area contributed by atoms with Crippen LogP contribution in [-0.2, 0) is 10.2 Å². The van der Waals surface area contributed by atoms with Crippen molar-refractivity contribution < 1.29 is 4.74 Å². The van der Waals surface area contributed by atoms with Gasteiger partial charge in [0, 0.05) is 18.0 Å². The zero-order valence-corrected chi connectivity index (χ0v) is 8.27. The molecule has 3 rings (SSSR count). The van der Waals surface area contributed by atoms with Crippen molar-refractivity contribution in [3.63, 3.8) is 0 Å². The van der Waals surface area contributed by atoms with E-state index in [0.717, 1.165) is 19.1 Å². The molecule has 2 nitrogen and oxygen atoms in total. The van der Waals surface area contributed by atoms with E-state index in [-0.39, 0.29) is 0 Å². The van der Waals surface area contributed by atoms with Crippen LogP contribution in [0.4, 0.5) is 0 Å². The van der Waals surface area contributed by atoms with Crippen LogP contribution in [-0.4, -0.2) is 26.3 Å². The fourth-order valence-electron chi connectivity index (χ4n) is 2.14. The normalized spacial score (nSPS) is 26.5. The monoisotopic (exact) mass is 195 g/mol. The third-order valence-electron chi connectivity index (χ3n) is 3.29. The maximum atomic E-state index is 5.40. The van der Waals surface area contributed by atoms with E-state index in [1.807, 2.05) is 11.3 Å². The molecule has 0 unspecified atom stereocenters. The molecule has 1 aromatic heterocycles. The third-order valence-corrected chi connectivity index (χ3v) is 4.38. The number of ether oxygens (including phenoxy) is 1. The Morgan fingerprint density at radius 3 is 2.69 bits per heavy atom. The molecular formula is C10H13NOS. The van der Waals surface area contributed by atoms with Crippen LogP contribution < -0.4 is 5.32 Å². The lowest BCUT2D eigenvalue weighted by Gasteiger charge is -2.50. The van der Waals surface area contributed by atoms with Crippen LogP contribution in [0, 0.1) is 5.92 Å². The first-order valence-corrected chi connectivity index (χ1v) is 5.62. The molecule has 2 fully saturated rings. The van der Waals surface area contributed by atoms with Gasteiger partial charge in [-0.15, -0.1) is 11.3 Å². The minimum absolute atomic E-state index is 0.374. The number of hydrogen-bond acceptors (Lipinski definition) is 3. The highest BCUT2D eigenvalue weighted by atomic mass is 32.1. The molecule has 0 radical (unpaired) electrons. The summed E-state index contributed by atoms with van der Waals surface area (Å²) < 4.78 is 5.40. The molecule has 3 heteroatoms. The van der Waals surface area contributed by atoms with Crippen LogP contribution in [0.1, 0.15) is 4.88 Å². The predicted molar refractivity (Wildman–Crippen MR) is 53.2 cm³/mol. The van der Waals surface area contributed by atoms with Gasteiger partial charge in [0.05, 0.1) is 18.6 Å². The van der Waals surface area contributed by atoms with Crippen LogP contribution in [0.2, 0.25) is 0 Å². The van der Waals surface area contributed by atoms with Gasteiger partial charge in [0.2, 0.25) is 0 Å². The number of rotatable bonds is 2. The van der Waals surface area contributed by atoms with E-state index in [1.54, 1.807) is 0 Å². The highest BCUT2D eigenvalue weighted by Crippen LogP contribution is 2.43. The summed E-state index contributed by atoms with van der Waals surface area (Å²) in [6.45, 7) is 4.20. The van der Waals surface area contributed by atoms with E-state index < -0.39 is 0 Å². The molecule has 3 heterocycles. The van der Waals surface area contributed by atoms with Gasteiger partial charge >= 0.3 is 0 Å². The molecule has 0 atom stereocenters. The van der Waals surface area contributed by atoms with Crippen molar-refractivity contribution >= 4 is 11.3 Å². The van der Waals surface area contributed by atoms with Crippen LogP contribution in [0.15, 0.2) is 17.5 Å². The molecule has 2 aliphatic rings. The Morgan fingerprint density at radius 1 is 1.46 bits per heavy atom. The first-order valence-electron chi connectivity index (χ1n) is 4.74. The summed E-state index contributed by atoms with van der Waals surface area (Å²) in [5, 5.41) is 5.51. The minimum atomic E-state index is 0.374. The number of hydrogen-bond donors (Lipinski definition) is 1. The van der Waals surface area contributed by atoms with Gasteiger partial charge in [-0.25, -0.2) is 0 Å². The molecule has 13 heavy (non-hydrogen) atoms. The van der Waals surface area contributed by atoms with Crippen molar-refractivity contribution in [2.45, 2.75) is 5.41 Å². The lowest BCUT2D eigenvalue weighted by atomic mass is 9.69. The lowest BCUT2D eigenvalue weighted by molar-refractivity contribution is -0.0990. The topological polar surface area (TPSA) is 21.3 Å². The lowest BCUT2D eigenvalue weighted by Crippen LogP contribution is -2.62. The van der Waals surface area contributed by atoms with E-state index >= 15 is 0 Å². The summed E-state index contributed by atoms with van der Waals surface area (Å²) in [7, 11) is 0. The van der Waals surface area contributed by atoms with Gasteiger partial charge in [-0.3, -0.25) is 0 Å². The van der Waals surface area contributed by atoms with Crippen LogP contribution in [0.25, 0.3) is 0 Å².